The van der Waals surface area contributed by atoms with E-state index in [9.17, 15) is 0 Å². The third kappa shape index (κ3) is 1.59. The van der Waals surface area contributed by atoms with Gasteiger partial charge in [0.15, 0.2) is 0 Å². The second-order valence-corrected chi connectivity index (χ2v) is 4.40. The number of nitrogens with zero attached hydrogens (tertiary/aromatic N) is 1. The minimum Gasteiger partial charge on any atom is -0.411 e. The summed E-state index contributed by atoms with van der Waals surface area (Å²) in [5.41, 5.74) is 0.948. The van der Waals surface area contributed by atoms with Gasteiger partial charge in [0.25, 0.3) is 0 Å². The first-order valence-electron chi connectivity index (χ1n) is 3.65. The zero-order valence-electron chi connectivity index (χ0n) is 6.57. The average Bonchev–Trinajstić information content (AvgIpc) is 2.49. The Balaban J connectivity index is 2.71. The number of halogens is 1. The number of benzene rings is 1. The van der Waals surface area contributed by atoms with Crippen LogP contribution in [0.3, 0.4) is 0 Å². The van der Waals surface area contributed by atoms with Crippen LogP contribution in [0.2, 0.25) is 0 Å². The van der Waals surface area contributed by atoms with Crippen LogP contribution in [0.25, 0.3) is 10.1 Å². The molecule has 1 aromatic heterocycles. The van der Waals surface area contributed by atoms with Crippen molar-refractivity contribution < 1.29 is 5.21 Å². The Morgan fingerprint density at radius 3 is 3.08 bits per heavy atom. The number of oxime groups is 1. The van der Waals surface area contributed by atoms with Gasteiger partial charge in [-0.25, -0.2) is 0 Å². The molecule has 0 aliphatic carbocycles. The number of thiophene rings is 1. The molecule has 13 heavy (non-hydrogen) atoms. The van der Waals surface area contributed by atoms with Crippen molar-refractivity contribution in [2.75, 3.05) is 0 Å². The van der Waals surface area contributed by atoms with Gasteiger partial charge in [0.1, 0.15) is 0 Å². The molecular formula is C9H6BrNOS. The first-order valence-corrected chi connectivity index (χ1v) is 5.33. The van der Waals surface area contributed by atoms with Gasteiger partial charge in [-0.05, 0) is 18.2 Å². The van der Waals surface area contributed by atoms with Gasteiger partial charge in [-0.15, -0.1) is 11.3 Å². The van der Waals surface area contributed by atoms with Crippen LogP contribution in [0, 0.1) is 0 Å². The lowest BCUT2D eigenvalue weighted by Gasteiger charge is -1.92. The van der Waals surface area contributed by atoms with Gasteiger partial charge >= 0.3 is 0 Å². The van der Waals surface area contributed by atoms with E-state index in [2.05, 4.69) is 21.1 Å². The first-order chi connectivity index (χ1) is 6.31. The number of fused-ring (bicyclic) bond motifs is 1. The van der Waals surface area contributed by atoms with Gasteiger partial charge < -0.3 is 5.21 Å². The maximum absolute atomic E-state index is 8.43. The number of rotatable bonds is 1. The fourth-order valence-electron chi connectivity index (χ4n) is 1.18. The van der Waals surface area contributed by atoms with Crippen LogP contribution >= 0.6 is 27.3 Å². The highest BCUT2D eigenvalue weighted by atomic mass is 79.9. The number of hydrogen-bond acceptors (Lipinski definition) is 3. The summed E-state index contributed by atoms with van der Waals surface area (Å²) in [6.07, 6.45) is 1.45. The van der Waals surface area contributed by atoms with Crippen LogP contribution in [0.15, 0.2) is 33.2 Å². The predicted molar refractivity (Wildman–Crippen MR) is 58.9 cm³/mol. The monoisotopic (exact) mass is 255 g/mol. The van der Waals surface area contributed by atoms with E-state index in [4.69, 9.17) is 5.21 Å². The van der Waals surface area contributed by atoms with Crippen molar-refractivity contribution in [2.24, 2.45) is 5.16 Å². The summed E-state index contributed by atoms with van der Waals surface area (Å²) in [6, 6.07) is 6.06. The van der Waals surface area contributed by atoms with Crippen molar-refractivity contribution in [3.05, 3.63) is 33.6 Å². The van der Waals surface area contributed by atoms with Crippen LogP contribution in [0.4, 0.5) is 0 Å². The highest BCUT2D eigenvalue weighted by Crippen LogP contribution is 2.27. The lowest BCUT2D eigenvalue weighted by molar-refractivity contribution is 0.322. The van der Waals surface area contributed by atoms with Crippen molar-refractivity contribution in [3.63, 3.8) is 0 Å². The number of hydrogen-bond donors (Lipinski definition) is 1. The Kier molecular flexibility index (Phi) is 2.33. The molecule has 0 amide bonds. The Morgan fingerprint density at radius 1 is 1.46 bits per heavy atom. The van der Waals surface area contributed by atoms with E-state index < -0.39 is 0 Å². The summed E-state index contributed by atoms with van der Waals surface area (Å²) in [6.45, 7) is 0. The van der Waals surface area contributed by atoms with Crippen LogP contribution in [-0.4, -0.2) is 11.4 Å². The molecule has 1 heterocycles. The van der Waals surface area contributed by atoms with Crippen molar-refractivity contribution in [1.29, 1.82) is 0 Å². The highest BCUT2D eigenvalue weighted by molar-refractivity contribution is 9.10. The molecule has 0 spiro atoms. The molecular weight excluding hydrogens is 250 g/mol. The van der Waals surface area contributed by atoms with Crippen molar-refractivity contribution >= 4 is 43.6 Å². The summed E-state index contributed by atoms with van der Waals surface area (Å²) in [7, 11) is 0. The predicted octanol–water partition coefficient (Wildman–Crippen LogP) is 3.47. The fourth-order valence-corrected chi connectivity index (χ4v) is 2.44. The van der Waals surface area contributed by atoms with E-state index in [1.165, 1.54) is 10.9 Å². The minimum absolute atomic E-state index is 0.948. The molecule has 0 saturated heterocycles. The Bertz CT molecular complexity index is 464. The zero-order valence-corrected chi connectivity index (χ0v) is 8.97. The highest BCUT2D eigenvalue weighted by Gasteiger charge is 2.01. The molecule has 0 atom stereocenters. The molecule has 1 N–H and O–H groups in total. The van der Waals surface area contributed by atoms with Crippen LogP contribution in [0.1, 0.15) is 5.56 Å². The first kappa shape index (κ1) is 8.72. The molecule has 2 rings (SSSR count). The molecule has 0 saturated carbocycles. The van der Waals surface area contributed by atoms with Crippen LogP contribution < -0.4 is 0 Å². The smallest absolute Gasteiger partial charge is 0.0748 e. The third-order valence-corrected chi connectivity index (χ3v) is 3.24. The Hall–Kier alpha value is -0.870. The summed E-state index contributed by atoms with van der Waals surface area (Å²) in [5.74, 6) is 0. The van der Waals surface area contributed by atoms with E-state index in [1.54, 1.807) is 11.3 Å². The molecule has 0 fully saturated rings. The third-order valence-electron chi connectivity index (χ3n) is 1.76. The molecule has 66 valence electrons. The standard InChI is InChI=1S/C9H6BrNOS/c10-7-1-2-9-8(3-7)6(4-11-12)5-13-9/h1-5,12H/b11-4+. The molecule has 4 heteroatoms. The SMILES string of the molecule is O/N=C/c1csc2ccc(Br)cc12. The molecule has 0 radical (unpaired) electrons. The lowest BCUT2D eigenvalue weighted by Crippen LogP contribution is -1.76. The van der Waals surface area contributed by atoms with Crippen LogP contribution in [-0.2, 0) is 0 Å². The van der Waals surface area contributed by atoms with Crippen molar-refractivity contribution in [1.82, 2.24) is 0 Å². The largest absolute Gasteiger partial charge is 0.411 e. The van der Waals surface area contributed by atoms with Gasteiger partial charge in [0, 0.05) is 25.5 Å². The quantitative estimate of drug-likeness (QED) is 0.473. The molecule has 1 aromatic carbocycles. The second kappa shape index (κ2) is 3.47. The molecule has 0 unspecified atom stereocenters. The van der Waals surface area contributed by atoms with E-state index >= 15 is 0 Å². The minimum atomic E-state index is 0.948. The van der Waals surface area contributed by atoms with Crippen molar-refractivity contribution in [2.45, 2.75) is 0 Å². The topological polar surface area (TPSA) is 32.6 Å². The average molecular weight is 256 g/mol. The van der Waals surface area contributed by atoms with E-state index in [0.29, 0.717) is 0 Å². The lowest BCUT2D eigenvalue weighted by atomic mass is 10.2. The molecule has 0 aliphatic rings. The Labute approximate surface area is 87.6 Å². The molecule has 0 aliphatic heterocycles. The van der Waals surface area contributed by atoms with Gasteiger partial charge in [-0.2, -0.15) is 0 Å². The van der Waals surface area contributed by atoms with Crippen molar-refractivity contribution in [3.8, 4) is 0 Å². The maximum Gasteiger partial charge on any atom is 0.0748 e. The van der Waals surface area contributed by atoms with Gasteiger partial charge in [0.05, 0.1) is 6.21 Å². The van der Waals surface area contributed by atoms with E-state index in [-0.39, 0.29) is 0 Å². The maximum atomic E-state index is 8.43. The van der Waals surface area contributed by atoms with Gasteiger partial charge in [0.2, 0.25) is 0 Å². The van der Waals surface area contributed by atoms with Gasteiger partial charge in [-0.1, -0.05) is 21.1 Å². The summed E-state index contributed by atoms with van der Waals surface area (Å²) in [4.78, 5) is 0. The van der Waals surface area contributed by atoms with E-state index in [1.807, 2.05) is 23.6 Å². The Morgan fingerprint density at radius 2 is 2.31 bits per heavy atom. The summed E-state index contributed by atoms with van der Waals surface area (Å²) in [5, 5.41) is 14.5. The fraction of sp³-hybridized carbons (Fsp3) is 0. The zero-order chi connectivity index (χ0) is 9.26. The molecule has 2 nitrogen and oxygen atoms in total. The summed E-state index contributed by atoms with van der Waals surface area (Å²) < 4.78 is 2.23. The van der Waals surface area contributed by atoms with Gasteiger partial charge in [-0.3, -0.25) is 0 Å². The molecule has 0 bridgehead atoms. The van der Waals surface area contributed by atoms with E-state index in [0.717, 1.165) is 15.4 Å². The van der Waals surface area contributed by atoms with Crippen LogP contribution in [0.5, 0.6) is 0 Å². The summed E-state index contributed by atoms with van der Waals surface area (Å²) >= 11 is 5.04. The normalized spacial score (nSPS) is 11.5. The second-order valence-electron chi connectivity index (χ2n) is 2.58. The molecule has 2 aromatic rings.